The number of nitrogens with zero attached hydrogens (tertiary/aromatic N) is 2. The van der Waals surface area contributed by atoms with E-state index in [0.29, 0.717) is 17.6 Å². The van der Waals surface area contributed by atoms with Gasteiger partial charge in [0.25, 0.3) is 5.56 Å². The van der Waals surface area contributed by atoms with Gasteiger partial charge >= 0.3 is 0 Å². The van der Waals surface area contributed by atoms with Gasteiger partial charge < -0.3 is 15.5 Å². The standard InChI is InChI=1S/C20H22FN5O3/c1-11-3-2-8-26(10-11)20-24-17-16(19(29)25-20)14(9-15(27)23-17)18(28)22-13-6-4-12(21)5-7-13/h4-7,11,14H,2-3,8-10H2,1H3,(H,22,28)(H2,23,24,25,27,29). The van der Waals surface area contributed by atoms with Crippen LogP contribution in [-0.4, -0.2) is 34.9 Å². The van der Waals surface area contributed by atoms with Gasteiger partial charge in [-0.15, -0.1) is 0 Å². The van der Waals surface area contributed by atoms with E-state index in [1.807, 2.05) is 4.90 Å². The van der Waals surface area contributed by atoms with Gasteiger partial charge in [-0.05, 0) is 43.0 Å². The summed E-state index contributed by atoms with van der Waals surface area (Å²) in [6.45, 7) is 3.68. The van der Waals surface area contributed by atoms with E-state index < -0.39 is 23.2 Å². The fraction of sp³-hybridized carbons (Fsp3) is 0.400. The first-order valence-corrected chi connectivity index (χ1v) is 9.66. The summed E-state index contributed by atoms with van der Waals surface area (Å²) in [6.07, 6.45) is 1.95. The molecule has 0 aliphatic carbocycles. The molecule has 0 bridgehead atoms. The Hall–Kier alpha value is -3.23. The highest BCUT2D eigenvalue weighted by atomic mass is 19.1. The highest BCUT2D eigenvalue weighted by Crippen LogP contribution is 2.31. The first kappa shape index (κ1) is 19.1. The average Bonchev–Trinajstić information content (AvgIpc) is 2.68. The number of aromatic nitrogens is 2. The smallest absolute Gasteiger partial charge is 0.258 e. The summed E-state index contributed by atoms with van der Waals surface area (Å²) >= 11 is 0. The van der Waals surface area contributed by atoms with E-state index in [4.69, 9.17) is 0 Å². The molecule has 1 fully saturated rings. The van der Waals surface area contributed by atoms with Crippen molar-refractivity contribution < 1.29 is 14.0 Å². The van der Waals surface area contributed by atoms with E-state index >= 15 is 0 Å². The van der Waals surface area contributed by atoms with Gasteiger partial charge in [0, 0.05) is 25.2 Å². The van der Waals surface area contributed by atoms with Gasteiger partial charge in [-0.3, -0.25) is 19.4 Å². The number of rotatable bonds is 3. The van der Waals surface area contributed by atoms with Crippen molar-refractivity contribution in [2.45, 2.75) is 32.1 Å². The fourth-order valence-corrected chi connectivity index (χ4v) is 3.88. The molecule has 29 heavy (non-hydrogen) atoms. The molecule has 2 amide bonds. The minimum Gasteiger partial charge on any atom is -0.342 e. The zero-order chi connectivity index (χ0) is 20.5. The van der Waals surface area contributed by atoms with Crippen molar-refractivity contribution in [1.82, 2.24) is 9.97 Å². The van der Waals surface area contributed by atoms with Crippen LogP contribution < -0.4 is 21.1 Å². The van der Waals surface area contributed by atoms with Crippen LogP contribution in [0.15, 0.2) is 29.1 Å². The Balaban J connectivity index is 1.63. The zero-order valence-electron chi connectivity index (χ0n) is 16.0. The Kier molecular flexibility index (Phi) is 5.04. The first-order valence-electron chi connectivity index (χ1n) is 9.66. The number of carbonyl (C=O) groups is 2. The molecule has 1 aromatic heterocycles. The summed E-state index contributed by atoms with van der Waals surface area (Å²) in [6, 6.07) is 5.27. The maximum atomic E-state index is 13.1. The second kappa shape index (κ2) is 7.65. The van der Waals surface area contributed by atoms with Gasteiger partial charge in [-0.1, -0.05) is 6.92 Å². The van der Waals surface area contributed by atoms with Crippen molar-refractivity contribution in [3.63, 3.8) is 0 Å². The molecule has 0 saturated carbocycles. The van der Waals surface area contributed by atoms with Crippen molar-refractivity contribution in [2.75, 3.05) is 28.6 Å². The summed E-state index contributed by atoms with van der Waals surface area (Å²) < 4.78 is 13.1. The third kappa shape index (κ3) is 3.98. The van der Waals surface area contributed by atoms with E-state index in [9.17, 15) is 18.8 Å². The first-order chi connectivity index (χ1) is 13.9. The molecule has 1 aromatic carbocycles. The van der Waals surface area contributed by atoms with Crippen LogP contribution >= 0.6 is 0 Å². The third-order valence-corrected chi connectivity index (χ3v) is 5.32. The number of nitrogens with one attached hydrogen (secondary N) is 3. The van der Waals surface area contributed by atoms with Crippen LogP contribution in [0.5, 0.6) is 0 Å². The average molecular weight is 399 g/mol. The van der Waals surface area contributed by atoms with E-state index in [0.717, 1.165) is 25.9 Å². The van der Waals surface area contributed by atoms with Gasteiger partial charge in [0.1, 0.15) is 11.6 Å². The molecule has 3 N–H and O–H groups in total. The van der Waals surface area contributed by atoms with E-state index in [1.54, 1.807) is 0 Å². The number of aromatic amines is 1. The Morgan fingerprint density at radius 3 is 2.76 bits per heavy atom. The fourth-order valence-electron chi connectivity index (χ4n) is 3.88. The van der Waals surface area contributed by atoms with Crippen molar-refractivity contribution in [1.29, 1.82) is 0 Å². The summed E-state index contributed by atoms with van der Waals surface area (Å²) in [5, 5.41) is 5.26. The SMILES string of the molecule is CC1CCCN(c2nc3c(c(=O)[nH]2)C(C(=O)Nc2ccc(F)cc2)CC(=O)N3)C1. The number of hydrogen-bond donors (Lipinski definition) is 3. The van der Waals surface area contributed by atoms with Gasteiger partial charge in [-0.2, -0.15) is 4.98 Å². The molecule has 2 aliphatic heterocycles. The van der Waals surface area contributed by atoms with E-state index in [-0.39, 0.29) is 23.7 Å². The molecular formula is C20H22FN5O3. The molecule has 1 saturated heterocycles. The van der Waals surface area contributed by atoms with Gasteiger partial charge in [0.15, 0.2) is 0 Å². The number of halogens is 1. The maximum absolute atomic E-state index is 13.1. The number of anilines is 3. The predicted octanol–water partition coefficient (Wildman–Crippen LogP) is 2.21. The molecular weight excluding hydrogens is 377 g/mol. The second-order valence-corrected chi connectivity index (χ2v) is 7.65. The molecule has 2 unspecified atom stereocenters. The van der Waals surface area contributed by atoms with Crippen LogP contribution in [0.1, 0.15) is 37.7 Å². The maximum Gasteiger partial charge on any atom is 0.258 e. The summed E-state index contributed by atoms with van der Waals surface area (Å²) in [5.74, 6) is -1.29. The predicted molar refractivity (Wildman–Crippen MR) is 106 cm³/mol. The number of piperidine rings is 1. The Labute approximate surface area is 166 Å². The molecule has 4 rings (SSSR count). The number of H-pyrrole nitrogens is 1. The highest BCUT2D eigenvalue weighted by molar-refractivity contribution is 6.04. The van der Waals surface area contributed by atoms with Crippen molar-refractivity contribution in [3.05, 3.63) is 46.0 Å². The topological polar surface area (TPSA) is 107 Å². The zero-order valence-corrected chi connectivity index (χ0v) is 16.0. The lowest BCUT2D eigenvalue weighted by atomic mass is 9.92. The van der Waals surface area contributed by atoms with Gasteiger partial charge in [0.05, 0.1) is 11.5 Å². The Bertz CT molecular complexity index is 1000. The normalized spacial score (nSPS) is 21.3. The molecule has 0 spiro atoms. The molecule has 3 heterocycles. The minimum absolute atomic E-state index is 0.123. The highest BCUT2D eigenvalue weighted by Gasteiger charge is 2.35. The van der Waals surface area contributed by atoms with Crippen LogP contribution in [0.3, 0.4) is 0 Å². The molecule has 152 valence electrons. The minimum atomic E-state index is -0.977. The number of fused-ring (bicyclic) bond motifs is 1. The molecule has 2 atom stereocenters. The van der Waals surface area contributed by atoms with Crippen LogP contribution in [0.4, 0.5) is 21.8 Å². The molecule has 8 nitrogen and oxygen atoms in total. The lowest BCUT2D eigenvalue weighted by molar-refractivity contribution is -0.123. The van der Waals surface area contributed by atoms with Crippen LogP contribution in [0.25, 0.3) is 0 Å². The summed E-state index contributed by atoms with van der Waals surface area (Å²) in [5.41, 5.74) is 0.0766. The number of carbonyl (C=O) groups excluding carboxylic acids is 2. The van der Waals surface area contributed by atoms with Crippen molar-refractivity contribution >= 4 is 29.3 Å². The van der Waals surface area contributed by atoms with Crippen LogP contribution in [0.2, 0.25) is 0 Å². The Morgan fingerprint density at radius 2 is 2.03 bits per heavy atom. The molecule has 9 heteroatoms. The Morgan fingerprint density at radius 1 is 1.28 bits per heavy atom. The lowest BCUT2D eigenvalue weighted by Gasteiger charge is -2.32. The molecule has 2 aliphatic rings. The number of benzene rings is 1. The molecule has 2 aromatic rings. The largest absolute Gasteiger partial charge is 0.342 e. The van der Waals surface area contributed by atoms with E-state index in [2.05, 4.69) is 27.5 Å². The van der Waals surface area contributed by atoms with Gasteiger partial charge in [-0.25, -0.2) is 4.39 Å². The second-order valence-electron chi connectivity index (χ2n) is 7.65. The summed E-state index contributed by atoms with van der Waals surface area (Å²) in [4.78, 5) is 47.0. The van der Waals surface area contributed by atoms with Crippen LogP contribution in [-0.2, 0) is 9.59 Å². The van der Waals surface area contributed by atoms with Crippen molar-refractivity contribution in [2.24, 2.45) is 5.92 Å². The molecule has 0 radical (unpaired) electrons. The summed E-state index contributed by atoms with van der Waals surface area (Å²) in [7, 11) is 0. The van der Waals surface area contributed by atoms with Crippen molar-refractivity contribution in [3.8, 4) is 0 Å². The number of hydrogen-bond acceptors (Lipinski definition) is 5. The quantitative estimate of drug-likeness (QED) is 0.734. The van der Waals surface area contributed by atoms with Crippen LogP contribution in [0, 0.1) is 11.7 Å². The van der Waals surface area contributed by atoms with E-state index in [1.165, 1.54) is 24.3 Å². The van der Waals surface area contributed by atoms with Gasteiger partial charge in [0.2, 0.25) is 17.8 Å². The lowest BCUT2D eigenvalue weighted by Crippen LogP contribution is -2.40. The third-order valence-electron chi connectivity index (χ3n) is 5.32. The number of amides is 2. The monoisotopic (exact) mass is 399 g/mol.